The van der Waals surface area contributed by atoms with Crippen molar-refractivity contribution in [3.63, 3.8) is 0 Å². The van der Waals surface area contributed by atoms with Gasteiger partial charge in [0, 0.05) is 34.1 Å². The summed E-state index contributed by atoms with van der Waals surface area (Å²) in [5.74, 6) is 0. The van der Waals surface area contributed by atoms with Gasteiger partial charge in [-0.2, -0.15) is 0 Å². The molecule has 0 aliphatic carbocycles. The van der Waals surface area contributed by atoms with Gasteiger partial charge >= 0.3 is 56.5 Å². The molecule has 0 spiro atoms. The Bertz CT molecular complexity index is 731. The summed E-state index contributed by atoms with van der Waals surface area (Å²) in [6, 6.07) is 32.3. The molecule has 10 heteroatoms. The van der Waals surface area contributed by atoms with Crippen molar-refractivity contribution < 1.29 is 57.4 Å². The van der Waals surface area contributed by atoms with Crippen LogP contribution in [0.25, 0.3) is 0 Å². The third-order valence-corrected chi connectivity index (χ3v) is 5.49. The van der Waals surface area contributed by atoms with Crippen molar-refractivity contribution in [2.75, 3.05) is 0 Å². The molecule has 3 aromatic carbocycles. The average molecular weight is 578 g/mol. The fraction of sp³-hybridized carbons (Fsp3) is 0. The topological polar surface area (TPSA) is 99.5 Å². The van der Waals surface area contributed by atoms with Gasteiger partial charge in [-0.15, -0.1) is 0 Å². The van der Waals surface area contributed by atoms with Crippen LogP contribution in [0.2, 0.25) is 0 Å². The molecular weight excluding hydrogens is 563 g/mol. The van der Waals surface area contributed by atoms with Crippen LogP contribution in [0.15, 0.2) is 91.0 Å². The van der Waals surface area contributed by atoms with Gasteiger partial charge in [0.2, 0.25) is 0 Å². The molecule has 0 fully saturated rings. The minimum Gasteiger partial charge on any atom is -1.00 e. The first kappa shape index (κ1) is 45.1. The first-order valence-electron chi connectivity index (χ1n) is 7.59. The molecule has 3 rings (SSSR count). The Morgan fingerprint density at radius 3 is 0.697 bits per heavy atom. The molecule has 172 valence electrons. The van der Waals surface area contributed by atoms with Crippen LogP contribution < -0.4 is 15.9 Å². The second-order valence-corrected chi connectivity index (χ2v) is 6.56. The predicted octanol–water partition coefficient (Wildman–Crippen LogP) is 3.25. The molecule has 3 aromatic rings. The van der Waals surface area contributed by atoms with Gasteiger partial charge in [0.1, 0.15) is 0 Å². The maximum atomic E-state index is 7.50. The molecule has 0 bridgehead atoms. The molecule has 5 nitrogen and oxygen atoms in total. The summed E-state index contributed by atoms with van der Waals surface area (Å²) >= 11 is 7.33. The molecule has 0 aromatic heterocycles. The SMILES string of the molecule is [C-]#[O+].[C-]#[O+].[C-]#[O+].[C-]#[O+].[C-]#[O+].[Fe].[Fe].[S-][S-].c1ccc(P(c2ccccc2)c2ccccc2)cc1. The summed E-state index contributed by atoms with van der Waals surface area (Å²) in [4.78, 5) is 0. The van der Waals surface area contributed by atoms with Crippen LogP contribution in [-0.2, 0) is 80.7 Å². The summed E-state index contributed by atoms with van der Waals surface area (Å²) in [7, 11) is -0.446. The Labute approximate surface area is 227 Å². The van der Waals surface area contributed by atoms with Crippen LogP contribution in [0.4, 0.5) is 0 Å². The van der Waals surface area contributed by atoms with Gasteiger partial charge < -0.3 is 23.3 Å². The van der Waals surface area contributed by atoms with Crippen LogP contribution in [0, 0.1) is 33.3 Å². The van der Waals surface area contributed by atoms with E-state index in [1.54, 1.807) is 0 Å². The van der Waals surface area contributed by atoms with Gasteiger partial charge in [0.25, 0.3) is 0 Å². The van der Waals surface area contributed by atoms with E-state index in [4.69, 9.17) is 23.3 Å². The van der Waals surface area contributed by atoms with E-state index in [0.717, 1.165) is 0 Å². The van der Waals surface area contributed by atoms with Crippen LogP contribution in [0.1, 0.15) is 0 Å². The Morgan fingerprint density at radius 1 is 0.394 bits per heavy atom. The number of benzene rings is 3. The zero-order valence-electron chi connectivity index (χ0n) is 16.7. The minimum absolute atomic E-state index is 0. The average Bonchev–Trinajstić information content (AvgIpc) is 2.93. The third kappa shape index (κ3) is 20.8. The Hall–Kier alpha value is -1.47. The van der Waals surface area contributed by atoms with E-state index >= 15 is 0 Å². The standard InChI is InChI=1S/C18H15P.5CO.2Fe.S2/c1-4-10-16(11-5-1)19(17-12-6-2-7-13-17)18-14-8-3-9-15-18;5*1-2;;;1-2/h1-15H;;;;;;;;/q;;;;;;;;-2. The predicted molar refractivity (Wildman–Crippen MR) is 120 cm³/mol. The van der Waals surface area contributed by atoms with Gasteiger partial charge in [-0.3, -0.25) is 0 Å². The van der Waals surface area contributed by atoms with E-state index in [1.165, 1.54) is 15.9 Å². The Kier molecular flexibility index (Phi) is 55.8. The molecule has 0 heterocycles. The molecule has 0 amide bonds. The van der Waals surface area contributed by atoms with Crippen LogP contribution in [0.3, 0.4) is 0 Å². The molecular formula is C23H15Fe2O5PS2-2. The van der Waals surface area contributed by atoms with Crippen LogP contribution >= 0.6 is 7.92 Å². The van der Waals surface area contributed by atoms with E-state index in [9.17, 15) is 0 Å². The van der Waals surface area contributed by atoms with Crippen molar-refractivity contribution in [3.8, 4) is 0 Å². The molecule has 0 saturated carbocycles. The largest absolute Gasteiger partial charge is 1.00 e. The Morgan fingerprint density at radius 2 is 0.545 bits per heavy atom. The van der Waals surface area contributed by atoms with Gasteiger partial charge in [0.15, 0.2) is 0 Å². The van der Waals surface area contributed by atoms with Crippen molar-refractivity contribution in [1.82, 2.24) is 0 Å². The fourth-order valence-electron chi connectivity index (χ4n) is 2.18. The molecule has 0 aliphatic heterocycles. The van der Waals surface area contributed by atoms with Crippen molar-refractivity contribution in [2.45, 2.75) is 0 Å². The first-order valence-corrected chi connectivity index (χ1v) is 10.3. The van der Waals surface area contributed by atoms with Crippen molar-refractivity contribution in [3.05, 3.63) is 124 Å². The molecule has 0 N–H and O–H groups in total. The van der Waals surface area contributed by atoms with Crippen LogP contribution in [-0.4, -0.2) is 0 Å². The van der Waals surface area contributed by atoms with Crippen molar-refractivity contribution >= 4 is 47.2 Å². The van der Waals surface area contributed by atoms with Crippen LogP contribution in [0.5, 0.6) is 0 Å². The molecule has 0 atom stereocenters. The third-order valence-electron chi connectivity index (χ3n) is 3.04. The Balaban J connectivity index is -0.000000114. The molecule has 0 unspecified atom stereocenters. The summed E-state index contributed by atoms with van der Waals surface area (Å²) in [6.07, 6.45) is 0. The van der Waals surface area contributed by atoms with Crippen molar-refractivity contribution in [2.24, 2.45) is 0 Å². The molecule has 0 radical (unpaired) electrons. The summed E-state index contributed by atoms with van der Waals surface area (Å²) in [5.41, 5.74) is 0. The normalized spacial score (nSPS) is 6.58. The molecule has 0 aliphatic rings. The van der Waals surface area contributed by atoms with Gasteiger partial charge in [0.05, 0.1) is 0 Å². The quantitative estimate of drug-likeness (QED) is 0.119. The minimum atomic E-state index is -0.446. The van der Waals surface area contributed by atoms with Gasteiger partial charge in [-0.1, -0.05) is 91.0 Å². The second kappa shape index (κ2) is 40.8. The second-order valence-electron chi connectivity index (χ2n) is 4.34. The number of hydrogen-bond donors (Lipinski definition) is 0. The van der Waals surface area contributed by atoms with Gasteiger partial charge in [-0.25, -0.2) is 0 Å². The smallest absolute Gasteiger partial charge is 0 e. The first-order chi connectivity index (χ1) is 15.4. The maximum absolute atomic E-state index is 7.50. The summed E-state index contributed by atoms with van der Waals surface area (Å²) in [6.45, 7) is 22.5. The number of hydrogen-bond acceptors (Lipinski definition) is 2. The van der Waals surface area contributed by atoms with Crippen molar-refractivity contribution in [1.29, 1.82) is 0 Å². The monoisotopic (exact) mass is 578 g/mol. The maximum Gasteiger partial charge on any atom is 0 e. The summed E-state index contributed by atoms with van der Waals surface area (Å²) < 4.78 is 37.5. The molecule has 0 saturated heterocycles. The van der Waals surface area contributed by atoms with E-state index in [1.807, 2.05) is 0 Å². The summed E-state index contributed by atoms with van der Waals surface area (Å²) in [5, 5.41) is 4.19. The van der Waals surface area contributed by atoms with Gasteiger partial charge in [-0.05, 0) is 23.8 Å². The van der Waals surface area contributed by atoms with E-state index in [2.05, 4.69) is 148 Å². The van der Waals surface area contributed by atoms with E-state index < -0.39 is 7.92 Å². The zero-order valence-corrected chi connectivity index (χ0v) is 21.4. The van der Waals surface area contributed by atoms with E-state index in [0.29, 0.717) is 0 Å². The fourth-order valence-corrected chi connectivity index (χ4v) is 4.48. The zero-order chi connectivity index (χ0) is 24.9. The molecule has 33 heavy (non-hydrogen) atoms. The number of rotatable bonds is 3. The van der Waals surface area contributed by atoms with E-state index in [-0.39, 0.29) is 34.1 Å².